The molecule has 0 spiro atoms. The summed E-state index contributed by atoms with van der Waals surface area (Å²) in [6.07, 6.45) is 3.36. The van der Waals surface area contributed by atoms with Gasteiger partial charge in [-0.05, 0) is 12.5 Å². The maximum Gasteiger partial charge on any atom is 0.407 e. The highest BCUT2D eigenvalue weighted by Gasteiger charge is 2.29. The molecular formula is C11H16N4O2. The van der Waals surface area contributed by atoms with E-state index in [0.29, 0.717) is 25.6 Å². The second kappa shape index (κ2) is 4.99. The van der Waals surface area contributed by atoms with Crippen molar-refractivity contribution in [1.82, 2.24) is 14.9 Å². The Morgan fingerprint density at radius 1 is 1.47 bits per heavy atom. The van der Waals surface area contributed by atoms with Gasteiger partial charge in [-0.15, -0.1) is 0 Å². The van der Waals surface area contributed by atoms with Crippen LogP contribution in [0, 0.1) is 0 Å². The highest BCUT2D eigenvalue weighted by Crippen LogP contribution is 2.16. The van der Waals surface area contributed by atoms with Gasteiger partial charge >= 0.3 is 6.09 Å². The Morgan fingerprint density at radius 2 is 2.18 bits per heavy atom. The Labute approximate surface area is 99.9 Å². The highest BCUT2D eigenvalue weighted by atomic mass is 16.4. The topological polar surface area (TPSA) is 69.6 Å². The summed E-state index contributed by atoms with van der Waals surface area (Å²) in [5.74, 6) is 0.677. The van der Waals surface area contributed by atoms with Crippen molar-refractivity contribution in [3.8, 4) is 0 Å². The molecule has 1 unspecified atom stereocenters. The van der Waals surface area contributed by atoms with E-state index >= 15 is 0 Å². The normalized spacial score (nSPS) is 20.4. The summed E-state index contributed by atoms with van der Waals surface area (Å²) in [5, 5.41) is 9.07. The molecule has 17 heavy (non-hydrogen) atoms. The van der Waals surface area contributed by atoms with Gasteiger partial charge in [-0.2, -0.15) is 0 Å². The first-order chi connectivity index (χ1) is 8.22. The van der Waals surface area contributed by atoms with Crippen LogP contribution in [0.4, 0.5) is 10.7 Å². The third-order valence-electron chi connectivity index (χ3n) is 3.03. The molecule has 2 heterocycles. The summed E-state index contributed by atoms with van der Waals surface area (Å²) < 4.78 is 0. The number of carboxylic acid groups (broad SMARTS) is 1. The van der Waals surface area contributed by atoms with Crippen LogP contribution in [0.15, 0.2) is 18.5 Å². The minimum absolute atomic E-state index is 0.0186. The van der Waals surface area contributed by atoms with Crippen LogP contribution in [-0.2, 0) is 0 Å². The largest absolute Gasteiger partial charge is 0.465 e. The third-order valence-corrected chi connectivity index (χ3v) is 3.03. The molecular weight excluding hydrogens is 220 g/mol. The zero-order valence-electron chi connectivity index (χ0n) is 9.78. The van der Waals surface area contributed by atoms with Crippen LogP contribution in [0.2, 0.25) is 0 Å². The Kier molecular flexibility index (Phi) is 3.41. The fraction of sp³-hybridized carbons (Fsp3) is 0.545. The molecule has 6 nitrogen and oxygen atoms in total. The van der Waals surface area contributed by atoms with Crippen LogP contribution >= 0.6 is 0 Å². The minimum Gasteiger partial charge on any atom is -0.465 e. The number of nitrogens with zero attached hydrogens (tertiary/aromatic N) is 4. The molecule has 1 saturated heterocycles. The lowest BCUT2D eigenvalue weighted by molar-refractivity contribution is 0.116. The van der Waals surface area contributed by atoms with Crippen molar-refractivity contribution < 1.29 is 9.90 Å². The zero-order valence-corrected chi connectivity index (χ0v) is 9.78. The molecule has 0 aromatic carbocycles. The molecule has 1 aromatic heterocycles. The van der Waals surface area contributed by atoms with Gasteiger partial charge in [0.25, 0.3) is 0 Å². The standard InChI is InChI=1S/C11H16N4O2/c1-2-9-8-14(6-7-15(9)11(16)17)10-12-4-3-5-13-10/h3-5,9H,2,6-8H2,1H3,(H,16,17). The van der Waals surface area contributed by atoms with Crippen molar-refractivity contribution in [2.75, 3.05) is 24.5 Å². The van der Waals surface area contributed by atoms with E-state index < -0.39 is 6.09 Å². The van der Waals surface area contributed by atoms with Crippen LogP contribution < -0.4 is 4.90 Å². The highest BCUT2D eigenvalue weighted by molar-refractivity contribution is 5.66. The summed E-state index contributed by atoms with van der Waals surface area (Å²) >= 11 is 0. The maximum atomic E-state index is 11.0. The van der Waals surface area contributed by atoms with Crippen molar-refractivity contribution in [3.63, 3.8) is 0 Å². The molecule has 0 aliphatic carbocycles. The van der Waals surface area contributed by atoms with Crippen LogP contribution in [0.5, 0.6) is 0 Å². The predicted octanol–water partition coefficient (Wildman–Crippen LogP) is 1.06. The van der Waals surface area contributed by atoms with Gasteiger partial charge in [0.05, 0.1) is 6.04 Å². The monoisotopic (exact) mass is 236 g/mol. The molecule has 1 aliphatic heterocycles. The Morgan fingerprint density at radius 3 is 2.76 bits per heavy atom. The predicted molar refractivity (Wildman–Crippen MR) is 63.1 cm³/mol. The fourth-order valence-electron chi connectivity index (χ4n) is 2.09. The van der Waals surface area contributed by atoms with Crippen molar-refractivity contribution in [1.29, 1.82) is 0 Å². The van der Waals surface area contributed by atoms with E-state index in [1.165, 1.54) is 4.90 Å². The minimum atomic E-state index is -0.842. The first kappa shape index (κ1) is 11.6. The van der Waals surface area contributed by atoms with E-state index in [4.69, 9.17) is 5.11 Å². The lowest BCUT2D eigenvalue weighted by Gasteiger charge is -2.39. The van der Waals surface area contributed by atoms with Gasteiger partial charge in [0, 0.05) is 32.0 Å². The van der Waals surface area contributed by atoms with Gasteiger partial charge in [0.15, 0.2) is 0 Å². The molecule has 6 heteroatoms. The Hall–Kier alpha value is -1.85. The van der Waals surface area contributed by atoms with Crippen LogP contribution in [0.3, 0.4) is 0 Å². The summed E-state index contributed by atoms with van der Waals surface area (Å²) in [6.45, 7) is 3.81. The smallest absolute Gasteiger partial charge is 0.407 e. The molecule has 2 rings (SSSR count). The molecule has 0 radical (unpaired) electrons. The first-order valence-electron chi connectivity index (χ1n) is 5.74. The quantitative estimate of drug-likeness (QED) is 0.831. The Bertz CT molecular complexity index is 384. The SMILES string of the molecule is CCC1CN(c2ncccn2)CCN1C(=O)O. The van der Waals surface area contributed by atoms with E-state index in [9.17, 15) is 4.79 Å². The van der Waals surface area contributed by atoms with Crippen LogP contribution in [0.25, 0.3) is 0 Å². The molecule has 1 fully saturated rings. The van der Waals surface area contributed by atoms with Crippen molar-refractivity contribution >= 4 is 12.0 Å². The van der Waals surface area contributed by atoms with Crippen LogP contribution in [0.1, 0.15) is 13.3 Å². The summed E-state index contributed by atoms with van der Waals surface area (Å²) in [4.78, 5) is 23.0. The maximum absolute atomic E-state index is 11.0. The van der Waals surface area contributed by atoms with Gasteiger partial charge in [-0.1, -0.05) is 6.92 Å². The molecule has 0 saturated carbocycles. The van der Waals surface area contributed by atoms with Gasteiger partial charge in [-0.25, -0.2) is 14.8 Å². The second-order valence-electron chi connectivity index (χ2n) is 4.03. The van der Waals surface area contributed by atoms with E-state index in [-0.39, 0.29) is 6.04 Å². The summed E-state index contributed by atoms with van der Waals surface area (Å²) in [6, 6.07) is 1.79. The number of hydrogen-bond donors (Lipinski definition) is 1. The fourth-order valence-corrected chi connectivity index (χ4v) is 2.09. The molecule has 1 N–H and O–H groups in total. The number of aromatic nitrogens is 2. The molecule has 1 aromatic rings. The summed E-state index contributed by atoms with van der Waals surface area (Å²) in [5.41, 5.74) is 0. The second-order valence-corrected chi connectivity index (χ2v) is 4.03. The number of anilines is 1. The zero-order chi connectivity index (χ0) is 12.3. The molecule has 1 amide bonds. The van der Waals surface area contributed by atoms with E-state index in [2.05, 4.69) is 9.97 Å². The van der Waals surface area contributed by atoms with E-state index in [1.807, 2.05) is 11.8 Å². The van der Waals surface area contributed by atoms with Gasteiger partial charge in [0.1, 0.15) is 0 Å². The van der Waals surface area contributed by atoms with Crippen molar-refractivity contribution in [2.45, 2.75) is 19.4 Å². The number of piperazine rings is 1. The molecule has 1 atom stereocenters. The van der Waals surface area contributed by atoms with Gasteiger partial charge in [-0.3, -0.25) is 0 Å². The third kappa shape index (κ3) is 2.46. The average Bonchev–Trinajstić information content (AvgIpc) is 2.39. The van der Waals surface area contributed by atoms with Gasteiger partial charge < -0.3 is 14.9 Å². The van der Waals surface area contributed by atoms with E-state index in [1.54, 1.807) is 18.5 Å². The number of amides is 1. The number of rotatable bonds is 2. The number of hydrogen-bond acceptors (Lipinski definition) is 4. The lowest BCUT2D eigenvalue weighted by atomic mass is 10.1. The molecule has 0 bridgehead atoms. The Balaban J connectivity index is 2.09. The van der Waals surface area contributed by atoms with Crippen molar-refractivity contribution in [2.24, 2.45) is 0 Å². The number of carbonyl (C=O) groups is 1. The molecule has 92 valence electrons. The summed E-state index contributed by atoms with van der Waals surface area (Å²) in [7, 11) is 0. The molecule has 1 aliphatic rings. The van der Waals surface area contributed by atoms with Crippen molar-refractivity contribution in [3.05, 3.63) is 18.5 Å². The average molecular weight is 236 g/mol. The van der Waals surface area contributed by atoms with E-state index in [0.717, 1.165) is 6.42 Å². The van der Waals surface area contributed by atoms with Gasteiger partial charge in [0.2, 0.25) is 5.95 Å². The lowest BCUT2D eigenvalue weighted by Crippen LogP contribution is -2.55. The first-order valence-corrected chi connectivity index (χ1v) is 5.74. The van der Waals surface area contributed by atoms with Crippen LogP contribution in [-0.4, -0.2) is 51.7 Å².